The Bertz CT molecular complexity index is 999. The summed E-state index contributed by atoms with van der Waals surface area (Å²) in [5.41, 5.74) is 5.06. The molecule has 0 saturated carbocycles. The second-order valence-corrected chi connectivity index (χ2v) is 5.68. The summed E-state index contributed by atoms with van der Waals surface area (Å²) in [4.78, 5) is 9.58. The fraction of sp³-hybridized carbons (Fsp3) is 0.0476. The van der Waals surface area contributed by atoms with Crippen molar-refractivity contribution in [1.29, 1.82) is 0 Å². The summed E-state index contributed by atoms with van der Waals surface area (Å²) < 4.78 is 2.10. The highest BCUT2D eigenvalue weighted by molar-refractivity contribution is 5.85. The minimum Gasteiger partial charge on any atom is -0.281 e. The smallest absolute Gasteiger partial charge is 0.165 e. The lowest BCUT2D eigenvalue weighted by Crippen LogP contribution is -1.90. The predicted molar refractivity (Wildman–Crippen MR) is 99.1 cm³/mol. The molecule has 0 amide bonds. The van der Waals surface area contributed by atoms with Crippen molar-refractivity contribution in [1.82, 2.24) is 9.38 Å². The van der Waals surface area contributed by atoms with E-state index in [1.807, 2.05) is 66.9 Å². The first-order valence-electron chi connectivity index (χ1n) is 7.95. The van der Waals surface area contributed by atoms with E-state index in [0.29, 0.717) is 0 Å². The van der Waals surface area contributed by atoms with E-state index in [1.54, 1.807) is 0 Å². The molecule has 4 rings (SSSR count). The molecule has 0 spiro atoms. The number of benzene rings is 2. The molecule has 3 heteroatoms. The van der Waals surface area contributed by atoms with Gasteiger partial charge in [0.25, 0.3) is 0 Å². The molecule has 4 aromatic rings. The van der Waals surface area contributed by atoms with Crippen molar-refractivity contribution in [3.05, 3.63) is 90.1 Å². The molecule has 2 aromatic carbocycles. The first-order valence-corrected chi connectivity index (χ1v) is 7.95. The summed E-state index contributed by atoms with van der Waals surface area (Å²) in [5.74, 6) is 0.859. The molecule has 0 radical (unpaired) electrons. The topological polar surface area (TPSA) is 29.7 Å². The maximum Gasteiger partial charge on any atom is 0.165 e. The standard InChI is InChI=1S/C21H17N3/c1-16-9-8-14-19-23-20(18-12-6-3-7-13-18)21(24(16)19)22-15-17-10-4-2-5-11-17/h2-15H,1H3. The third-order valence-corrected chi connectivity index (χ3v) is 4.00. The van der Waals surface area contributed by atoms with Crippen LogP contribution in [0.3, 0.4) is 0 Å². The Morgan fingerprint density at radius 1 is 0.833 bits per heavy atom. The summed E-state index contributed by atoms with van der Waals surface area (Å²) in [6.07, 6.45) is 1.89. The van der Waals surface area contributed by atoms with Gasteiger partial charge in [0, 0.05) is 17.5 Å². The zero-order valence-electron chi connectivity index (χ0n) is 13.4. The minimum absolute atomic E-state index is 0.859. The van der Waals surface area contributed by atoms with Crippen LogP contribution in [0, 0.1) is 6.92 Å². The molecule has 0 unspecified atom stereocenters. The number of imidazole rings is 1. The second kappa shape index (κ2) is 6.13. The monoisotopic (exact) mass is 311 g/mol. The molecule has 0 aliphatic heterocycles. The molecule has 0 fully saturated rings. The summed E-state index contributed by atoms with van der Waals surface area (Å²) in [5, 5.41) is 0. The van der Waals surface area contributed by atoms with Crippen molar-refractivity contribution in [2.75, 3.05) is 0 Å². The van der Waals surface area contributed by atoms with Crippen LogP contribution < -0.4 is 0 Å². The fourth-order valence-electron chi connectivity index (χ4n) is 2.82. The largest absolute Gasteiger partial charge is 0.281 e. The summed E-state index contributed by atoms with van der Waals surface area (Å²) >= 11 is 0. The molecule has 24 heavy (non-hydrogen) atoms. The maximum atomic E-state index is 4.81. The van der Waals surface area contributed by atoms with Gasteiger partial charge in [-0.15, -0.1) is 0 Å². The number of aliphatic imine (C=N–C) groups is 1. The summed E-state index contributed by atoms with van der Waals surface area (Å²) in [7, 11) is 0. The zero-order valence-corrected chi connectivity index (χ0v) is 13.4. The van der Waals surface area contributed by atoms with Crippen molar-refractivity contribution in [3.63, 3.8) is 0 Å². The number of hydrogen-bond acceptors (Lipinski definition) is 2. The summed E-state index contributed by atoms with van der Waals surface area (Å²) in [6, 6.07) is 26.4. The number of aryl methyl sites for hydroxylation is 1. The van der Waals surface area contributed by atoms with Gasteiger partial charge in [-0.25, -0.2) is 9.98 Å². The van der Waals surface area contributed by atoms with Crippen LogP contribution in [0.25, 0.3) is 16.9 Å². The van der Waals surface area contributed by atoms with E-state index in [0.717, 1.165) is 34.0 Å². The van der Waals surface area contributed by atoms with Gasteiger partial charge in [0.2, 0.25) is 0 Å². The number of fused-ring (bicyclic) bond motifs is 1. The Balaban J connectivity index is 1.93. The quantitative estimate of drug-likeness (QED) is 0.486. The first kappa shape index (κ1) is 14.4. The lowest BCUT2D eigenvalue weighted by atomic mass is 10.1. The highest BCUT2D eigenvalue weighted by Crippen LogP contribution is 2.31. The number of nitrogens with zero attached hydrogens (tertiary/aromatic N) is 3. The van der Waals surface area contributed by atoms with Crippen LogP contribution >= 0.6 is 0 Å². The van der Waals surface area contributed by atoms with Crippen LogP contribution in [-0.2, 0) is 0 Å². The third-order valence-electron chi connectivity index (χ3n) is 4.00. The Morgan fingerprint density at radius 3 is 2.29 bits per heavy atom. The van der Waals surface area contributed by atoms with Gasteiger partial charge in [0.05, 0.1) is 0 Å². The lowest BCUT2D eigenvalue weighted by Gasteiger charge is -2.03. The normalized spacial score (nSPS) is 11.4. The van der Waals surface area contributed by atoms with E-state index in [2.05, 4.69) is 29.5 Å². The molecule has 0 saturated heterocycles. The Labute approximate surface area is 141 Å². The van der Waals surface area contributed by atoms with E-state index in [-0.39, 0.29) is 0 Å². The molecule has 116 valence electrons. The van der Waals surface area contributed by atoms with Crippen molar-refractivity contribution in [2.45, 2.75) is 6.92 Å². The van der Waals surface area contributed by atoms with Crippen molar-refractivity contribution in [3.8, 4) is 11.3 Å². The molecule has 0 aliphatic carbocycles. The number of hydrogen-bond donors (Lipinski definition) is 0. The molecular weight excluding hydrogens is 294 g/mol. The van der Waals surface area contributed by atoms with Crippen LogP contribution in [0.4, 0.5) is 5.82 Å². The second-order valence-electron chi connectivity index (χ2n) is 5.68. The molecule has 0 atom stereocenters. The van der Waals surface area contributed by atoms with E-state index >= 15 is 0 Å². The Kier molecular flexibility index (Phi) is 3.67. The molecular formula is C21H17N3. The van der Waals surface area contributed by atoms with Crippen LogP contribution in [0.15, 0.2) is 83.9 Å². The average molecular weight is 311 g/mol. The van der Waals surface area contributed by atoms with Crippen molar-refractivity contribution in [2.24, 2.45) is 4.99 Å². The van der Waals surface area contributed by atoms with Crippen LogP contribution in [0.1, 0.15) is 11.3 Å². The van der Waals surface area contributed by atoms with E-state index in [1.165, 1.54) is 0 Å². The van der Waals surface area contributed by atoms with Gasteiger partial charge < -0.3 is 0 Å². The minimum atomic E-state index is 0.859. The van der Waals surface area contributed by atoms with Gasteiger partial charge in [-0.1, -0.05) is 66.7 Å². The molecule has 0 N–H and O–H groups in total. The molecule has 3 nitrogen and oxygen atoms in total. The first-order chi connectivity index (χ1) is 11.8. The molecule has 2 aromatic heterocycles. The molecule has 2 heterocycles. The van der Waals surface area contributed by atoms with Crippen molar-refractivity contribution >= 4 is 17.7 Å². The van der Waals surface area contributed by atoms with Crippen molar-refractivity contribution < 1.29 is 0 Å². The number of rotatable bonds is 3. The SMILES string of the molecule is Cc1cccc2nc(-c3ccccc3)c(N=Cc3ccccc3)n12. The van der Waals surface area contributed by atoms with Gasteiger partial charge in [0.1, 0.15) is 11.3 Å². The maximum absolute atomic E-state index is 4.81. The number of aromatic nitrogens is 2. The van der Waals surface area contributed by atoms with Gasteiger partial charge in [0.15, 0.2) is 5.82 Å². The van der Waals surface area contributed by atoms with Crippen LogP contribution in [0.5, 0.6) is 0 Å². The highest BCUT2D eigenvalue weighted by atomic mass is 15.1. The van der Waals surface area contributed by atoms with E-state index in [4.69, 9.17) is 9.98 Å². The molecule has 0 aliphatic rings. The Hall–Kier alpha value is -3.20. The zero-order chi connectivity index (χ0) is 16.4. The average Bonchev–Trinajstić information content (AvgIpc) is 3.01. The van der Waals surface area contributed by atoms with Crippen LogP contribution in [-0.4, -0.2) is 15.6 Å². The van der Waals surface area contributed by atoms with Gasteiger partial charge >= 0.3 is 0 Å². The van der Waals surface area contributed by atoms with Gasteiger partial charge in [-0.05, 0) is 24.6 Å². The number of pyridine rings is 1. The van der Waals surface area contributed by atoms with Gasteiger partial charge in [-0.3, -0.25) is 4.40 Å². The lowest BCUT2D eigenvalue weighted by molar-refractivity contribution is 1.08. The van der Waals surface area contributed by atoms with E-state index in [9.17, 15) is 0 Å². The summed E-state index contributed by atoms with van der Waals surface area (Å²) in [6.45, 7) is 2.07. The van der Waals surface area contributed by atoms with Gasteiger partial charge in [-0.2, -0.15) is 0 Å². The highest BCUT2D eigenvalue weighted by Gasteiger charge is 2.14. The molecule has 0 bridgehead atoms. The predicted octanol–water partition coefficient (Wildman–Crippen LogP) is 5.06. The van der Waals surface area contributed by atoms with Crippen LogP contribution in [0.2, 0.25) is 0 Å². The Morgan fingerprint density at radius 2 is 1.54 bits per heavy atom. The van der Waals surface area contributed by atoms with E-state index < -0.39 is 0 Å². The third kappa shape index (κ3) is 2.61. The fourth-order valence-corrected chi connectivity index (χ4v) is 2.82.